The Hall–Kier alpha value is -1.95. The number of rotatable bonds is 4. The maximum Gasteiger partial charge on any atom is 0.137 e. The van der Waals surface area contributed by atoms with Crippen molar-refractivity contribution in [2.75, 3.05) is 18.0 Å². The van der Waals surface area contributed by atoms with E-state index in [1.807, 2.05) is 30.1 Å². The summed E-state index contributed by atoms with van der Waals surface area (Å²) in [7, 11) is 1.93. The van der Waals surface area contributed by atoms with E-state index in [0.29, 0.717) is 5.92 Å². The van der Waals surface area contributed by atoms with E-state index in [4.69, 9.17) is 4.98 Å². The molecule has 2 atom stereocenters. The molecule has 0 radical (unpaired) electrons. The minimum Gasteiger partial charge on any atom is -0.385 e. The largest absolute Gasteiger partial charge is 0.385 e. The van der Waals surface area contributed by atoms with Gasteiger partial charge in [0.15, 0.2) is 0 Å². The molecule has 1 N–H and O–H groups in total. The summed E-state index contributed by atoms with van der Waals surface area (Å²) in [4.78, 5) is 15.7. The van der Waals surface area contributed by atoms with Gasteiger partial charge in [-0.05, 0) is 31.7 Å². The van der Waals surface area contributed by atoms with E-state index in [1.165, 1.54) is 12.8 Å². The molecule has 0 spiro atoms. The number of aliphatic hydroxyl groups is 1. The van der Waals surface area contributed by atoms with E-state index >= 15 is 0 Å². The minimum atomic E-state index is -0.525. The minimum absolute atomic E-state index is 0.184. The lowest BCUT2D eigenvalue weighted by molar-refractivity contribution is 0.0873. The van der Waals surface area contributed by atoms with Crippen LogP contribution in [0, 0.1) is 5.92 Å². The van der Waals surface area contributed by atoms with Crippen molar-refractivity contribution in [3.05, 3.63) is 36.3 Å². The van der Waals surface area contributed by atoms with E-state index in [9.17, 15) is 5.11 Å². The van der Waals surface area contributed by atoms with Crippen LogP contribution in [0.5, 0.6) is 0 Å². The first-order chi connectivity index (χ1) is 11.2. The molecule has 2 aliphatic rings. The van der Waals surface area contributed by atoms with Gasteiger partial charge in [0.2, 0.25) is 0 Å². The summed E-state index contributed by atoms with van der Waals surface area (Å²) < 4.78 is 1.90. The molecule has 0 amide bonds. The summed E-state index contributed by atoms with van der Waals surface area (Å²) in [6.07, 6.45) is 9.47. The van der Waals surface area contributed by atoms with Crippen molar-refractivity contribution >= 4 is 5.82 Å². The molecule has 1 saturated heterocycles. The third-order valence-electron chi connectivity index (χ3n) is 4.95. The fourth-order valence-electron chi connectivity index (χ4n) is 3.43. The normalized spacial score (nSPS) is 23.0. The number of anilines is 1. The summed E-state index contributed by atoms with van der Waals surface area (Å²) in [5, 5.41) is 10.7. The van der Waals surface area contributed by atoms with Gasteiger partial charge in [0.1, 0.15) is 23.6 Å². The summed E-state index contributed by atoms with van der Waals surface area (Å²) in [6.45, 7) is 1.81. The Morgan fingerprint density at radius 1 is 1.22 bits per heavy atom. The van der Waals surface area contributed by atoms with Crippen LogP contribution in [0.15, 0.2) is 24.7 Å². The van der Waals surface area contributed by atoms with Crippen LogP contribution in [0.3, 0.4) is 0 Å². The first-order valence-electron chi connectivity index (χ1n) is 8.45. The van der Waals surface area contributed by atoms with Crippen molar-refractivity contribution in [1.82, 2.24) is 19.5 Å². The molecular formula is C17H23N5O. The van der Waals surface area contributed by atoms with Crippen LogP contribution in [0.4, 0.5) is 5.82 Å². The molecule has 3 heterocycles. The lowest BCUT2D eigenvalue weighted by Gasteiger charge is -2.35. The standard InChI is InChI=1S/C17H23N5O/c1-21-10-8-19-17(21)15(23)13-3-2-9-22(11-13)14-6-7-18-16(20-14)12-4-5-12/h6-8,10,12-13,15,23H,2-5,9,11H2,1H3. The maximum atomic E-state index is 10.7. The molecule has 1 aliphatic carbocycles. The second kappa shape index (κ2) is 5.92. The van der Waals surface area contributed by atoms with Crippen molar-refractivity contribution in [2.45, 2.75) is 37.7 Å². The zero-order valence-electron chi connectivity index (χ0n) is 13.5. The van der Waals surface area contributed by atoms with Crippen LogP contribution in [0.1, 0.15) is 49.4 Å². The third-order valence-corrected chi connectivity index (χ3v) is 4.95. The number of hydrogen-bond acceptors (Lipinski definition) is 5. The molecule has 0 aromatic carbocycles. The lowest BCUT2D eigenvalue weighted by atomic mass is 9.92. The number of aryl methyl sites for hydroxylation is 1. The number of hydrogen-bond donors (Lipinski definition) is 1. The first kappa shape index (κ1) is 14.6. The van der Waals surface area contributed by atoms with Crippen molar-refractivity contribution < 1.29 is 5.11 Å². The highest BCUT2D eigenvalue weighted by Crippen LogP contribution is 2.38. The van der Waals surface area contributed by atoms with Crippen molar-refractivity contribution in [2.24, 2.45) is 13.0 Å². The van der Waals surface area contributed by atoms with Crippen LogP contribution in [-0.4, -0.2) is 37.7 Å². The van der Waals surface area contributed by atoms with Crippen LogP contribution < -0.4 is 4.90 Å². The Labute approximate surface area is 136 Å². The predicted octanol–water partition coefficient (Wildman–Crippen LogP) is 2.04. The molecule has 4 rings (SSSR count). The van der Waals surface area contributed by atoms with E-state index < -0.39 is 6.10 Å². The van der Waals surface area contributed by atoms with Gasteiger partial charge in [0.05, 0.1) is 0 Å². The SMILES string of the molecule is Cn1ccnc1C(O)C1CCCN(c2ccnc(C3CC3)n2)C1. The number of aliphatic hydroxyl groups excluding tert-OH is 1. The average molecular weight is 313 g/mol. The zero-order valence-corrected chi connectivity index (χ0v) is 13.5. The smallest absolute Gasteiger partial charge is 0.137 e. The quantitative estimate of drug-likeness (QED) is 0.935. The second-order valence-electron chi connectivity index (χ2n) is 6.74. The molecular weight excluding hydrogens is 290 g/mol. The monoisotopic (exact) mass is 313 g/mol. The number of piperidine rings is 1. The average Bonchev–Trinajstić information content (AvgIpc) is 3.36. The highest BCUT2D eigenvalue weighted by Gasteiger charge is 2.31. The van der Waals surface area contributed by atoms with Gasteiger partial charge < -0.3 is 14.6 Å². The van der Waals surface area contributed by atoms with Gasteiger partial charge in [-0.2, -0.15) is 0 Å². The molecule has 122 valence electrons. The van der Waals surface area contributed by atoms with Crippen LogP contribution in [0.2, 0.25) is 0 Å². The van der Waals surface area contributed by atoms with Crippen molar-refractivity contribution in [3.8, 4) is 0 Å². The van der Waals surface area contributed by atoms with Crippen LogP contribution in [0.25, 0.3) is 0 Å². The lowest BCUT2D eigenvalue weighted by Crippen LogP contribution is -2.39. The molecule has 6 heteroatoms. The van der Waals surface area contributed by atoms with Gasteiger partial charge >= 0.3 is 0 Å². The van der Waals surface area contributed by atoms with Gasteiger partial charge in [-0.25, -0.2) is 15.0 Å². The molecule has 1 saturated carbocycles. The first-order valence-corrected chi connectivity index (χ1v) is 8.45. The number of nitrogens with zero attached hydrogens (tertiary/aromatic N) is 5. The number of aromatic nitrogens is 4. The van der Waals surface area contributed by atoms with Gasteiger partial charge in [0.25, 0.3) is 0 Å². The summed E-state index contributed by atoms with van der Waals surface area (Å²) in [6, 6.07) is 1.99. The highest BCUT2D eigenvalue weighted by molar-refractivity contribution is 5.39. The van der Waals surface area contributed by atoms with Gasteiger partial charge in [-0.3, -0.25) is 0 Å². The van der Waals surface area contributed by atoms with E-state index in [-0.39, 0.29) is 5.92 Å². The Morgan fingerprint density at radius 2 is 2.09 bits per heavy atom. The second-order valence-corrected chi connectivity index (χ2v) is 6.74. The molecule has 2 aromatic heterocycles. The summed E-state index contributed by atoms with van der Waals surface area (Å²) in [5.41, 5.74) is 0. The fourth-order valence-corrected chi connectivity index (χ4v) is 3.43. The molecule has 2 aromatic rings. The Bertz CT molecular complexity index is 681. The van der Waals surface area contributed by atoms with Gasteiger partial charge in [0, 0.05) is 50.6 Å². The van der Waals surface area contributed by atoms with Crippen molar-refractivity contribution in [3.63, 3.8) is 0 Å². The van der Waals surface area contributed by atoms with Gasteiger partial charge in [-0.15, -0.1) is 0 Å². The third kappa shape index (κ3) is 2.95. The van der Waals surface area contributed by atoms with Gasteiger partial charge in [-0.1, -0.05) is 0 Å². The fraction of sp³-hybridized carbons (Fsp3) is 0.588. The number of imidazole rings is 1. The predicted molar refractivity (Wildman–Crippen MR) is 87.1 cm³/mol. The maximum absolute atomic E-state index is 10.7. The molecule has 2 unspecified atom stereocenters. The molecule has 1 aliphatic heterocycles. The highest BCUT2D eigenvalue weighted by atomic mass is 16.3. The van der Waals surface area contributed by atoms with Crippen LogP contribution in [-0.2, 0) is 7.05 Å². The molecule has 0 bridgehead atoms. The Balaban J connectivity index is 1.50. The topological polar surface area (TPSA) is 67.1 Å². The van der Waals surface area contributed by atoms with Crippen molar-refractivity contribution in [1.29, 1.82) is 0 Å². The van der Waals surface area contributed by atoms with Crippen LogP contribution >= 0.6 is 0 Å². The summed E-state index contributed by atoms with van der Waals surface area (Å²) >= 11 is 0. The Morgan fingerprint density at radius 3 is 2.83 bits per heavy atom. The van der Waals surface area contributed by atoms with E-state index in [1.54, 1.807) is 6.20 Å². The van der Waals surface area contributed by atoms with E-state index in [2.05, 4.69) is 14.9 Å². The molecule has 23 heavy (non-hydrogen) atoms. The molecule has 6 nitrogen and oxygen atoms in total. The van der Waals surface area contributed by atoms with E-state index in [0.717, 1.165) is 43.4 Å². The molecule has 2 fully saturated rings. The summed E-state index contributed by atoms with van der Waals surface area (Å²) in [5.74, 6) is 3.48. The zero-order chi connectivity index (χ0) is 15.8. The Kier molecular flexibility index (Phi) is 3.77.